The molecule has 0 aliphatic heterocycles. The van der Waals surface area contributed by atoms with Gasteiger partial charge in [0.05, 0.1) is 10.6 Å². The summed E-state index contributed by atoms with van der Waals surface area (Å²) in [5, 5.41) is 3.13. The van der Waals surface area contributed by atoms with E-state index in [1.165, 1.54) is 42.3 Å². The van der Waals surface area contributed by atoms with Gasteiger partial charge in [0, 0.05) is 35.6 Å². The van der Waals surface area contributed by atoms with Crippen LogP contribution >= 0.6 is 23.2 Å². The van der Waals surface area contributed by atoms with E-state index in [-0.39, 0.29) is 33.6 Å². The largest absolute Gasteiger partial charge is 0.357 e. The van der Waals surface area contributed by atoms with Crippen molar-refractivity contribution < 1.29 is 22.4 Å². The number of para-hydroxylation sites is 1. The average Bonchev–Trinajstić information content (AvgIpc) is 2.99. The average molecular weight is 643 g/mol. The molecule has 0 aliphatic rings. The van der Waals surface area contributed by atoms with Crippen molar-refractivity contribution in [3.63, 3.8) is 0 Å². The van der Waals surface area contributed by atoms with Crippen molar-refractivity contribution in [2.45, 2.75) is 30.8 Å². The minimum absolute atomic E-state index is 0.110. The highest BCUT2D eigenvalue weighted by Crippen LogP contribution is 2.30. The molecule has 43 heavy (non-hydrogen) atoms. The summed E-state index contributed by atoms with van der Waals surface area (Å²) in [7, 11) is -2.98. The van der Waals surface area contributed by atoms with Crippen molar-refractivity contribution in [3.8, 4) is 0 Å². The van der Waals surface area contributed by atoms with Gasteiger partial charge < -0.3 is 10.2 Å². The second-order valence-electron chi connectivity index (χ2n) is 9.82. The van der Waals surface area contributed by atoms with Crippen molar-refractivity contribution in [1.29, 1.82) is 0 Å². The Kier molecular flexibility index (Phi) is 10.4. The lowest BCUT2D eigenvalue weighted by Crippen LogP contribution is -2.53. The Labute approximate surface area is 260 Å². The zero-order valence-corrected chi connectivity index (χ0v) is 25.8. The molecular weight excluding hydrogens is 612 g/mol. The predicted octanol–water partition coefficient (Wildman–Crippen LogP) is 6.02. The number of nitrogens with zero attached hydrogens (tertiary/aromatic N) is 2. The van der Waals surface area contributed by atoms with Crippen LogP contribution in [-0.4, -0.2) is 44.8 Å². The van der Waals surface area contributed by atoms with E-state index in [0.29, 0.717) is 5.56 Å². The lowest BCUT2D eigenvalue weighted by molar-refractivity contribution is -0.139. The minimum Gasteiger partial charge on any atom is -0.357 e. The van der Waals surface area contributed by atoms with Crippen molar-refractivity contribution in [3.05, 3.63) is 130 Å². The van der Waals surface area contributed by atoms with Gasteiger partial charge >= 0.3 is 0 Å². The summed E-state index contributed by atoms with van der Waals surface area (Å²) in [5.41, 5.74) is 1.65. The van der Waals surface area contributed by atoms with Crippen molar-refractivity contribution in [1.82, 2.24) is 10.2 Å². The van der Waals surface area contributed by atoms with Gasteiger partial charge in [0.15, 0.2) is 0 Å². The van der Waals surface area contributed by atoms with E-state index >= 15 is 4.39 Å². The maximum Gasteiger partial charge on any atom is 0.264 e. The van der Waals surface area contributed by atoms with E-state index in [1.807, 2.05) is 18.2 Å². The van der Waals surface area contributed by atoms with E-state index < -0.39 is 40.2 Å². The number of aryl methyl sites for hydroxylation is 1. The summed E-state index contributed by atoms with van der Waals surface area (Å²) in [6.07, 6.45) is 0.110. The summed E-state index contributed by atoms with van der Waals surface area (Å²) in [6.45, 7) is 0.789. The Bertz CT molecular complexity index is 1680. The zero-order chi connectivity index (χ0) is 31.1. The highest BCUT2D eigenvalue weighted by molar-refractivity contribution is 7.92. The van der Waals surface area contributed by atoms with Gasteiger partial charge in [0.1, 0.15) is 18.4 Å². The lowest BCUT2D eigenvalue weighted by atomic mass is 10.0. The highest BCUT2D eigenvalue weighted by Gasteiger charge is 2.35. The number of rotatable bonds is 11. The van der Waals surface area contributed by atoms with Crippen LogP contribution in [0.25, 0.3) is 0 Å². The lowest BCUT2D eigenvalue weighted by Gasteiger charge is -2.34. The van der Waals surface area contributed by atoms with Crippen LogP contribution in [-0.2, 0) is 32.6 Å². The van der Waals surface area contributed by atoms with Gasteiger partial charge in [0.2, 0.25) is 11.8 Å². The molecule has 0 fully saturated rings. The van der Waals surface area contributed by atoms with Crippen LogP contribution in [0.15, 0.2) is 102 Å². The number of sulfonamides is 1. The summed E-state index contributed by atoms with van der Waals surface area (Å²) in [6, 6.07) is 24.1. The third-order valence-corrected chi connectivity index (χ3v) is 9.40. The van der Waals surface area contributed by atoms with E-state index in [1.54, 1.807) is 49.4 Å². The first-order valence-electron chi connectivity index (χ1n) is 13.3. The first-order chi connectivity index (χ1) is 20.5. The first kappa shape index (κ1) is 32.0. The van der Waals surface area contributed by atoms with Crippen LogP contribution in [0, 0.1) is 12.7 Å². The molecule has 4 rings (SSSR count). The van der Waals surface area contributed by atoms with E-state index in [4.69, 9.17) is 23.2 Å². The van der Waals surface area contributed by atoms with E-state index in [9.17, 15) is 18.0 Å². The van der Waals surface area contributed by atoms with Gasteiger partial charge in [0.25, 0.3) is 10.0 Å². The highest BCUT2D eigenvalue weighted by atomic mass is 35.5. The molecule has 0 heterocycles. The normalized spacial score (nSPS) is 11.9. The van der Waals surface area contributed by atoms with Crippen molar-refractivity contribution in [2.24, 2.45) is 0 Å². The summed E-state index contributed by atoms with van der Waals surface area (Å²) in [4.78, 5) is 28.7. The number of likely N-dealkylation sites (N-methyl/N-ethyl adjacent to an activating group) is 1. The number of benzene rings is 4. The molecule has 2 amide bonds. The van der Waals surface area contributed by atoms with Crippen LogP contribution in [0.5, 0.6) is 0 Å². The Morgan fingerprint density at radius 1 is 0.860 bits per heavy atom. The van der Waals surface area contributed by atoms with Gasteiger partial charge in [-0.15, -0.1) is 0 Å². The maximum atomic E-state index is 15.2. The fraction of sp³-hybridized carbons (Fsp3) is 0.188. The molecule has 4 aromatic rings. The molecule has 0 aliphatic carbocycles. The molecule has 7 nitrogen and oxygen atoms in total. The summed E-state index contributed by atoms with van der Waals surface area (Å²) < 4.78 is 43.8. The molecule has 0 saturated heterocycles. The summed E-state index contributed by atoms with van der Waals surface area (Å²) in [5.74, 6) is -2.09. The fourth-order valence-corrected chi connectivity index (χ4v) is 6.52. The number of carbonyl (C=O) groups excluding carboxylic acids is 2. The molecular formula is C32H30Cl2FN3O4S. The maximum absolute atomic E-state index is 15.2. The molecule has 11 heteroatoms. The predicted molar refractivity (Wildman–Crippen MR) is 167 cm³/mol. The standard InChI is InChI=1S/C32H30Cl2FN3O4S/c1-22-15-17-24(18-16-22)43(41,42)38(29-14-7-6-13-28(29)35)21-31(39)37(20-25-26(33)11-8-12-27(25)34)30(32(40)36-2)19-23-9-4-3-5-10-23/h3-18,30H,19-21H2,1-2H3,(H,36,40). The minimum atomic E-state index is -4.43. The van der Waals surface area contributed by atoms with Gasteiger partial charge in [-0.25, -0.2) is 12.8 Å². The number of anilines is 1. The second-order valence-corrected chi connectivity index (χ2v) is 12.5. The zero-order valence-electron chi connectivity index (χ0n) is 23.5. The number of halogens is 3. The SMILES string of the molecule is CNC(=O)C(Cc1ccccc1)N(Cc1c(Cl)cccc1Cl)C(=O)CN(c1ccccc1F)S(=O)(=O)c1ccc(C)cc1. The van der Waals surface area contributed by atoms with Gasteiger partial charge in [-0.1, -0.05) is 89.4 Å². The molecule has 1 unspecified atom stereocenters. The van der Waals surface area contributed by atoms with Gasteiger partial charge in [-0.3, -0.25) is 13.9 Å². The molecule has 4 aromatic carbocycles. The third-order valence-electron chi connectivity index (χ3n) is 6.92. The third kappa shape index (κ3) is 7.54. The smallest absolute Gasteiger partial charge is 0.264 e. The molecule has 0 bridgehead atoms. The number of carbonyl (C=O) groups is 2. The summed E-state index contributed by atoms with van der Waals surface area (Å²) >= 11 is 12.9. The second kappa shape index (κ2) is 14.0. The molecule has 0 spiro atoms. The van der Waals surface area contributed by atoms with Crippen LogP contribution < -0.4 is 9.62 Å². The fourth-order valence-electron chi connectivity index (χ4n) is 4.58. The van der Waals surface area contributed by atoms with E-state index in [0.717, 1.165) is 21.5 Å². The Morgan fingerprint density at radius 2 is 1.47 bits per heavy atom. The van der Waals surface area contributed by atoms with Gasteiger partial charge in [-0.05, 0) is 48.9 Å². The molecule has 0 saturated carbocycles. The van der Waals surface area contributed by atoms with Crippen LogP contribution in [0.3, 0.4) is 0 Å². The molecule has 0 aromatic heterocycles. The Morgan fingerprint density at radius 3 is 2.07 bits per heavy atom. The van der Waals surface area contributed by atoms with Crippen LogP contribution in [0.2, 0.25) is 10.0 Å². The number of amides is 2. The topological polar surface area (TPSA) is 86.8 Å². The quantitative estimate of drug-likeness (QED) is 0.217. The molecule has 1 atom stereocenters. The van der Waals surface area contributed by atoms with E-state index in [2.05, 4.69) is 5.32 Å². The monoisotopic (exact) mass is 641 g/mol. The molecule has 1 N–H and O–H groups in total. The Hall–Kier alpha value is -3.92. The van der Waals surface area contributed by atoms with Crippen LogP contribution in [0.4, 0.5) is 10.1 Å². The molecule has 0 radical (unpaired) electrons. The van der Waals surface area contributed by atoms with Crippen molar-refractivity contribution >= 4 is 50.7 Å². The molecule has 224 valence electrons. The number of nitrogens with one attached hydrogen (secondary N) is 1. The number of hydrogen-bond acceptors (Lipinski definition) is 4. The van der Waals surface area contributed by atoms with Crippen molar-refractivity contribution in [2.75, 3.05) is 17.9 Å². The van der Waals surface area contributed by atoms with Gasteiger partial charge in [-0.2, -0.15) is 0 Å². The Balaban J connectivity index is 1.83. The number of hydrogen-bond donors (Lipinski definition) is 1. The van der Waals surface area contributed by atoms with Crippen LogP contribution in [0.1, 0.15) is 16.7 Å². The first-order valence-corrected chi connectivity index (χ1v) is 15.5.